The van der Waals surface area contributed by atoms with Crippen LogP contribution < -0.4 is 15.4 Å². The summed E-state index contributed by atoms with van der Waals surface area (Å²) in [6.45, 7) is -0.725. The van der Waals surface area contributed by atoms with Crippen LogP contribution in [0.5, 0.6) is 5.75 Å². The van der Waals surface area contributed by atoms with E-state index in [-0.39, 0.29) is 12.3 Å². The Labute approximate surface area is 152 Å². The fourth-order valence-corrected chi connectivity index (χ4v) is 2.01. The summed E-state index contributed by atoms with van der Waals surface area (Å²) in [6.07, 6.45) is -4.51. The second-order valence-electron chi connectivity index (χ2n) is 5.15. The third-order valence-electron chi connectivity index (χ3n) is 3.10. The van der Waals surface area contributed by atoms with Crippen molar-refractivity contribution in [3.63, 3.8) is 0 Å². The van der Waals surface area contributed by atoms with Gasteiger partial charge in [0.2, 0.25) is 5.91 Å². The number of nitrogens with one attached hydrogen (secondary N) is 2. The van der Waals surface area contributed by atoms with Crippen LogP contribution in [0, 0.1) is 0 Å². The summed E-state index contributed by atoms with van der Waals surface area (Å²) in [7, 11) is 0. The fraction of sp³-hybridized carbons (Fsp3) is 0.176. The van der Waals surface area contributed by atoms with Gasteiger partial charge >= 0.3 is 6.18 Å². The zero-order chi connectivity index (χ0) is 19.2. The van der Waals surface area contributed by atoms with E-state index >= 15 is 0 Å². The van der Waals surface area contributed by atoms with E-state index in [2.05, 4.69) is 10.6 Å². The number of benzene rings is 2. The molecule has 138 valence electrons. The van der Waals surface area contributed by atoms with Crippen molar-refractivity contribution in [2.75, 3.05) is 18.5 Å². The van der Waals surface area contributed by atoms with Gasteiger partial charge in [-0.15, -0.1) is 0 Å². The minimum atomic E-state index is -4.51. The van der Waals surface area contributed by atoms with Gasteiger partial charge in [0, 0.05) is 10.7 Å². The first-order valence-corrected chi connectivity index (χ1v) is 7.74. The first-order chi connectivity index (χ1) is 12.2. The topological polar surface area (TPSA) is 67.4 Å². The summed E-state index contributed by atoms with van der Waals surface area (Å²) < 4.78 is 43.0. The van der Waals surface area contributed by atoms with E-state index in [9.17, 15) is 22.8 Å². The molecule has 0 saturated heterocycles. The molecule has 0 fully saturated rings. The number of ether oxygens (including phenoxy) is 1. The number of carbonyl (C=O) groups excluding carboxylic acids is 2. The van der Waals surface area contributed by atoms with Gasteiger partial charge in [-0.25, -0.2) is 0 Å². The average molecular weight is 387 g/mol. The highest BCUT2D eigenvalue weighted by atomic mass is 35.5. The van der Waals surface area contributed by atoms with Gasteiger partial charge in [-0.05, 0) is 42.5 Å². The van der Waals surface area contributed by atoms with Crippen molar-refractivity contribution >= 4 is 29.1 Å². The molecule has 0 spiro atoms. The van der Waals surface area contributed by atoms with Crippen LogP contribution in [0.25, 0.3) is 0 Å². The van der Waals surface area contributed by atoms with Gasteiger partial charge in [-0.1, -0.05) is 17.7 Å². The lowest BCUT2D eigenvalue weighted by Gasteiger charge is -2.10. The first kappa shape index (κ1) is 19.6. The fourth-order valence-electron chi connectivity index (χ4n) is 1.89. The normalized spacial score (nSPS) is 10.9. The summed E-state index contributed by atoms with van der Waals surface area (Å²) in [5, 5.41) is 5.11. The van der Waals surface area contributed by atoms with Crippen LogP contribution >= 0.6 is 11.6 Å². The number of carbonyl (C=O) groups is 2. The van der Waals surface area contributed by atoms with Gasteiger partial charge in [-0.3, -0.25) is 9.59 Å². The molecular formula is C17H14ClF3N2O3. The predicted molar refractivity (Wildman–Crippen MR) is 90.0 cm³/mol. The molecule has 0 radical (unpaired) electrons. The second-order valence-corrected chi connectivity index (χ2v) is 5.58. The molecule has 26 heavy (non-hydrogen) atoms. The molecule has 5 nitrogen and oxygen atoms in total. The van der Waals surface area contributed by atoms with E-state index < -0.39 is 30.1 Å². The van der Waals surface area contributed by atoms with Crippen molar-refractivity contribution in [3.05, 3.63) is 59.1 Å². The van der Waals surface area contributed by atoms with E-state index in [0.29, 0.717) is 10.8 Å². The molecule has 0 aromatic heterocycles. The third kappa shape index (κ3) is 6.29. The van der Waals surface area contributed by atoms with Crippen molar-refractivity contribution < 1.29 is 27.5 Å². The Morgan fingerprint density at radius 3 is 2.38 bits per heavy atom. The molecule has 2 amide bonds. The van der Waals surface area contributed by atoms with Crippen LogP contribution in [0.1, 0.15) is 5.56 Å². The van der Waals surface area contributed by atoms with Gasteiger partial charge in [-0.2, -0.15) is 13.2 Å². The number of rotatable bonds is 6. The lowest BCUT2D eigenvalue weighted by atomic mass is 10.2. The molecule has 2 aromatic carbocycles. The molecule has 0 unspecified atom stereocenters. The lowest BCUT2D eigenvalue weighted by Crippen LogP contribution is -2.35. The highest BCUT2D eigenvalue weighted by Gasteiger charge is 2.30. The van der Waals surface area contributed by atoms with E-state index in [1.807, 2.05) is 0 Å². The van der Waals surface area contributed by atoms with Crippen LogP contribution in [0.15, 0.2) is 48.5 Å². The minimum Gasteiger partial charge on any atom is -0.484 e. The molecule has 0 saturated carbocycles. The Morgan fingerprint density at radius 2 is 1.73 bits per heavy atom. The largest absolute Gasteiger partial charge is 0.484 e. The van der Waals surface area contributed by atoms with Crippen molar-refractivity contribution in [1.29, 1.82) is 0 Å². The monoisotopic (exact) mass is 386 g/mol. The molecule has 0 aliphatic rings. The molecule has 0 atom stereocenters. The predicted octanol–water partition coefficient (Wildman–Crippen LogP) is 3.49. The molecule has 9 heteroatoms. The van der Waals surface area contributed by atoms with E-state index in [1.165, 1.54) is 12.1 Å². The number of alkyl halides is 3. The summed E-state index contributed by atoms with van der Waals surface area (Å²) >= 11 is 5.72. The smallest absolute Gasteiger partial charge is 0.416 e. The van der Waals surface area contributed by atoms with Crippen molar-refractivity contribution in [1.82, 2.24) is 5.32 Å². The summed E-state index contributed by atoms with van der Waals surface area (Å²) in [5.74, 6) is -0.790. The average Bonchev–Trinajstić information content (AvgIpc) is 2.59. The summed E-state index contributed by atoms with van der Waals surface area (Å²) in [5.41, 5.74) is -0.896. The van der Waals surface area contributed by atoms with Crippen LogP contribution in [-0.2, 0) is 15.8 Å². The molecule has 0 aliphatic heterocycles. The molecule has 0 aliphatic carbocycles. The van der Waals surface area contributed by atoms with Crippen LogP contribution in [-0.4, -0.2) is 25.0 Å². The van der Waals surface area contributed by atoms with Gasteiger partial charge in [0.05, 0.1) is 12.1 Å². The first-order valence-electron chi connectivity index (χ1n) is 7.36. The number of hydrogen-bond donors (Lipinski definition) is 2. The van der Waals surface area contributed by atoms with Crippen molar-refractivity contribution in [2.45, 2.75) is 6.18 Å². The van der Waals surface area contributed by atoms with Crippen LogP contribution in [0.2, 0.25) is 5.02 Å². The Balaban J connectivity index is 1.77. The second kappa shape index (κ2) is 8.57. The third-order valence-corrected chi connectivity index (χ3v) is 3.36. The maximum atomic E-state index is 12.6. The zero-order valence-corrected chi connectivity index (χ0v) is 14.0. The maximum Gasteiger partial charge on any atom is 0.416 e. The Hall–Kier alpha value is -2.74. The quantitative estimate of drug-likeness (QED) is 0.798. The SMILES string of the molecule is O=C(COc1ccc(Cl)cc1)NCC(=O)Nc1cccc(C(F)(F)F)c1. The van der Waals surface area contributed by atoms with E-state index in [4.69, 9.17) is 16.3 Å². The molecular weight excluding hydrogens is 373 g/mol. The highest BCUT2D eigenvalue weighted by Crippen LogP contribution is 2.30. The Bertz CT molecular complexity index is 780. The number of hydrogen-bond acceptors (Lipinski definition) is 3. The van der Waals surface area contributed by atoms with Crippen LogP contribution in [0.3, 0.4) is 0 Å². The molecule has 2 rings (SSSR count). The maximum absolute atomic E-state index is 12.6. The van der Waals surface area contributed by atoms with Gasteiger partial charge in [0.15, 0.2) is 6.61 Å². The van der Waals surface area contributed by atoms with Gasteiger partial charge < -0.3 is 15.4 Å². The van der Waals surface area contributed by atoms with Crippen molar-refractivity contribution in [3.8, 4) is 5.75 Å². The van der Waals surface area contributed by atoms with Gasteiger partial charge in [0.1, 0.15) is 5.75 Å². The molecule has 2 N–H and O–H groups in total. The Morgan fingerprint density at radius 1 is 1.04 bits per heavy atom. The summed E-state index contributed by atoms with van der Waals surface area (Å²) in [4.78, 5) is 23.4. The summed E-state index contributed by atoms with van der Waals surface area (Å²) in [6, 6.07) is 10.5. The molecule has 0 heterocycles. The van der Waals surface area contributed by atoms with E-state index in [0.717, 1.165) is 12.1 Å². The van der Waals surface area contributed by atoms with E-state index in [1.54, 1.807) is 24.3 Å². The highest BCUT2D eigenvalue weighted by molar-refractivity contribution is 6.30. The zero-order valence-electron chi connectivity index (χ0n) is 13.3. The lowest BCUT2D eigenvalue weighted by molar-refractivity contribution is -0.137. The Kier molecular flexibility index (Phi) is 6.46. The molecule has 0 bridgehead atoms. The number of halogens is 4. The van der Waals surface area contributed by atoms with Crippen molar-refractivity contribution in [2.24, 2.45) is 0 Å². The van der Waals surface area contributed by atoms with Crippen LogP contribution in [0.4, 0.5) is 18.9 Å². The van der Waals surface area contributed by atoms with Gasteiger partial charge in [0.25, 0.3) is 5.91 Å². The number of amides is 2. The molecule has 2 aromatic rings. The standard InChI is InChI=1S/C17H14ClF3N2O3/c18-12-4-6-14(7-5-12)26-10-16(25)22-9-15(24)23-13-3-1-2-11(8-13)17(19,20)21/h1-8H,9-10H2,(H,22,25)(H,23,24). The number of anilines is 1. The minimum absolute atomic E-state index is 0.0171.